The molecular weight excluding hydrogens is 304 g/mol. The first-order chi connectivity index (χ1) is 9.15. The quantitative estimate of drug-likeness (QED) is 0.933. The molecule has 2 aromatic rings. The van der Waals surface area contributed by atoms with E-state index in [9.17, 15) is 4.79 Å². The number of benzene rings is 1. The molecule has 0 saturated heterocycles. The van der Waals surface area contributed by atoms with Crippen molar-refractivity contribution < 1.29 is 4.79 Å². The largest absolute Gasteiger partial charge is 0.326 e. The molecule has 1 amide bonds. The van der Waals surface area contributed by atoms with E-state index in [0.29, 0.717) is 6.42 Å². The van der Waals surface area contributed by atoms with E-state index in [4.69, 9.17) is 0 Å². The van der Waals surface area contributed by atoms with Gasteiger partial charge in [-0.3, -0.25) is 9.78 Å². The van der Waals surface area contributed by atoms with Crippen molar-refractivity contribution in [2.45, 2.75) is 19.8 Å². The molecule has 3 nitrogen and oxygen atoms in total. The summed E-state index contributed by atoms with van der Waals surface area (Å²) in [5, 5.41) is 2.90. The van der Waals surface area contributed by atoms with Crippen LogP contribution in [0, 0.1) is 6.92 Å². The lowest BCUT2D eigenvalue weighted by Crippen LogP contribution is -2.12. The summed E-state index contributed by atoms with van der Waals surface area (Å²) in [6.07, 6.45) is 4.67. The van der Waals surface area contributed by atoms with Crippen molar-refractivity contribution in [3.8, 4) is 0 Å². The summed E-state index contributed by atoms with van der Waals surface area (Å²) in [7, 11) is 0. The van der Waals surface area contributed by atoms with Crippen LogP contribution >= 0.6 is 15.9 Å². The second kappa shape index (κ2) is 6.48. The predicted octanol–water partition coefficient (Wildman–Crippen LogP) is 3.72. The maximum Gasteiger partial charge on any atom is 0.224 e. The molecule has 0 aliphatic heterocycles. The molecule has 0 bridgehead atoms. The first kappa shape index (κ1) is 13.7. The Morgan fingerprint density at radius 3 is 2.68 bits per heavy atom. The molecule has 1 heterocycles. The SMILES string of the molecule is Cc1ccc(NC(=O)CCc2ccncc2)cc1Br. The minimum atomic E-state index is 0.0209. The first-order valence-corrected chi connectivity index (χ1v) is 6.89. The highest BCUT2D eigenvalue weighted by Crippen LogP contribution is 2.20. The van der Waals surface area contributed by atoms with Crippen molar-refractivity contribution in [1.82, 2.24) is 4.98 Å². The second-order valence-corrected chi connectivity index (χ2v) is 5.22. The van der Waals surface area contributed by atoms with Crippen LogP contribution in [0.15, 0.2) is 47.2 Å². The number of halogens is 1. The number of aromatic nitrogens is 1. The Balaban J connectivity index is 1.89. The molecule has 4 heteroatoms. The van der Waals surface area contributed by atoms with Gasteiger partial charge < -0.3 is 5.32 Å². The number of pyridine rings is 1. The number of hydrogen-bond acceptors (Lipinski definition) is 2. The van der Waals surface area contributed by atoms with Gasteiger partial charge in [-0.2, -0.15) is 0 Å². The third-order valence-electron chi connectivity index (χ3n) is 2.85. The third kappa shape index (κ3) is 4.17. The molecule has 0 aliphatic rings. The molecule has 19 heavy (non-hydrogen) atoms. The number of rotatable bonds is 4. The van der Waals surface area contributed by atoms with Gasteiger partial charge in [0.2, 0.25) is 5.91 Å². The van der Waals surface area contributed by atoms with Gasteiger partial charge in [0.1, 0.15) is 0 Å². The number of amides is 1. The van der Waals surface area contributed by atoms with Gasteiger partial charge in [-0.15, -0.1) is 0 Å². The highest BCUT2D eigenvalue weighted by Gasteiger charge is 2.04. The first-order valence-electron chi connectivity index (χ1n) is 6.10. The maximum atomic E-state index is 11.8. The van der Waals surface area contributed by atoms with E-state index in [1.165, 1.54) is 0 Å². The maximum absolute atomic E-state index is 11.8. The number of hydrogen-bond donors (Lipinski definition) is 1. The zero-order chi connectivity index (χ0) is 13.7. The molecule has 0 aliphatic carbocycles. The summed E-state index contributed by atoms with van der Waals surface area (Å²) in [4.78, 5) is 15.8. The van der Waals surface area contributed by atoms with E-state index in [0.717, 1.165) is 27.7 Å². The van der Waals surface area contributed by atoms with E-state index in [-0.39, 0.29) is 5.91 Å². The van der Waals surface area contributed by atoms with Crippen LogP contribution in [0.2, 0.25) is 0 Å². The number of nitrogens with one attached hydrogen (secondary N) is 1. The lowest BCUT2D eigenvalue weighted by atomic mass is 10.1. The van der Waals surface area contributed by atoms with Gasteiger partial charge in [-0.1, -0.05) is 22.0 Å². The zero-order valence-electron chi connectivity index (χ0n) is 10.7. The smallest absolute Gasteiger partial charge is 0.224 e. The summed E-state index contributed by atoms with van der Waals surface area (Å²) in [5.74, 6) is 0.0209. The minimum Gasteiger partial charge on any atom is -0.326 e. The third-order valence-corrected chi connectivity index (χ3v) is 3.70. The average Bonchev–Trinajstić information content (AvgIpc) is 2.42. The number of anilines is 1. The molecule has 0 unspecified atom stereocenters. The Morgan fingerprint density at radius 2 is 2.00 bits per heavy atom. The van der Waals surface area contributed by atoms with Crippen molar-refractivity contribution in [1.29, 1.82) is 0 Å². The van der Waals surface area contributed by atoms with Crippen LogP contribution in [0.3, 0.4) is 0 Å². The van der Waals surface area contributed by atoms with Crippen LogP contribution in [0.25, 0.3) is 0 Å². The topological polar surface area (TPSA) is 42.0 Å². The van der Waals surface area contributed by atoms with Gasteiger partial charge >= 0.3 is 0 Å². The van der Waals surface area contributed by atoms with Crippen molar-refractivity contribution in [2.24, 2.45) is 0 Å². The lowest BCUT2D eigenvalue weighted by molar-refractivity contribution is -0.116. The Morgan fingerprint density at radius 1 is 1.26 bits per heavy atom. The van der Waals surface area contributed by atoms with Gasteiger partial charge in [0.25, 0.3) is 0 Å². The van der Waals surface area contributed by atoms with E-state index < -0.39 is 0 Å². The zero-order valence-corrected chi connectivity index (χ0v) is 12.3. The Labute approximate surface area is 121 Å². The summed E-state index contributed by atoms with van der Waals surface area (Å²) < 4.78 is 0.999. The normalized spacial score (nSPS) is 10.2. The lowest BCUT2D eigenvalue weighted by Gasteiger charge is -2.07. The van der Waals surface area contributed by atoms with E-state index in [2.05, 4.69) is 26.2 Å². The molecule has 2 rings (SSSR count). The fraction of sp³-hybridized carbons (Fsp3) is 0.200. The molecule has 98 valence electrons. The highest BCUT2D eigenvalue weighted by molar-refractivity contribution is 9.10. The molecule has 0 fully saturated rings. The van der Waals surface area contributed by atoms with Gasteiger partial charge in [0.15, 0.2) is 0 Å². The molecule has 1 N–H and O–H groups in total. The molecule has 1 aromatic heterocycles. The summed E-state index contributed by atoms with van der Waals surface area (Å²) in [6, 6.07) is 9.65. The molecule has 0 atom stereocenters. The molecule has 0 spiro atoms. The number of nitrogens with zero attached hydrogens (tertiary/aromatic N) is 1. The summed E-state index contributed by atoms with van der Waals surface area (Å²) >= 11 is 3.45. The van der Waals surface area contributed by atoms with Crippen molar-refractivity contribution >= 4 is 27.5 Å². The van der Waals surface area contributed by atoms with Gasteiger partial charge in [0, 0.05) is 29.0 Å². The van der Waals surface area contributed by atoms with Crippen molar-refractivity contribution in [3.05, 3.63) is 58.3 Å². The van der Waals surface area contributed by atoms with Crippen molar-refractivity contribution in [2.75, 3.05) is 5.32 Å². The average molecular weight is 319 g/mol. The minimum absolute atomic E-state index is 0.0209. The van der Waals surface area contributed by atoms with Crippen LogP contribution in [0.5, 0.6) is 0 Å². The van der Waals surface area contributed by atoms with Crippen LogP contribution in [0.1, 0.15) is 17.5 Å². The van der Waals surface area contributed by atoms with Crippen molar-refractivity contribution in [3.63, 3.8) is 0 Å². The van der Waals surface area contributed by atoms with Gasteiger partial charge in [-0.25, -0.2) is 0 Å². The molecule has 0 radical (unpaired) electrons. The van der Waals surface area contributed by atoms with Crippen LogP contribution in [-0.4, -0.2) is 10.9 Å². The highest BCUT2D eigenvalue weighted by atomic mass is 79.9. The second-order valence-electron chi connectivity index (χ2n) is 4.37. The fourth-order valence-corrected chi connectivity index (χ4v) is 2.08. The van der Waals surface area contributed by atoms with Crippen LogP contribution in [-0.2, 0) is 11.2 Å². The Kier molecular flexibility index (Phi) is 4.68. The predicted molar refractivity (Wildman–Crippen MR) is 80.1 cm³/mol. The van der Waals surface area contributed by atoms with Gasteiger partial charge in [0.05, 0.1) is 0 Å². The van der Waals surface area contributed by atoms with E-state index in [1.54, 1.807) is 12.4 Å². The van der Waals surface area contributed by atoms with E-state index in [1.807, 2.05) is 37.3 Å². The standard InChI is InChI=1S/C15H15BrN2O/c1-11-2-4-13(10-14(11)16)18-15(19)5-3-12-6-8-17-9-7-12/h2,4,6-10H,3,5H2,1H3,(H,18,19). The molecule has 0 saturated carbocycles. The number of carbonyl (C=O) groups is 1. The van der Waals surface area contributed by atoms with Crippen LogP contribution in [0.4, 0.5) is 5.69 Å². The van der Waals surface area contributed by atoms with Gasteiger partial charge in [-0.05, 0) is 48.7 Å². The summed E-state index contributed by atoms with van der Waals surface area (Å²) in [5.41, 5.74) is 3.09. The van der Waals surface area contributed by atoms with E-state index >= 15 is 0 Å². The van der Waals surface area contributed by atoms with Crippen LogP contribution < -0.4 is 5.32 Å². The number of carbonyl (C=O) groups excluding carboxylic acids is 1. The Bertz CT molecular complexity index is 570. The molecular formula is C15H15BrN2O. The molecule has 1 aromatic carbocycles. The monoisotopic (exact) mass is 318 g/mol. The fourth-order valence-electron chi connectivity index (χ4n) is 1.70. The number of aryl methyl sites for hydroxylation is 2. The Hall–Kier alpha value is -1.68. The summed E-state index contributed by atoms with van der Waals surface area (Å²) in [6.45, 7) is 2.01.